The minimum absolute atomic E-state index is 0.0696. The first kappa shape index (κ1) is 14.7. The monoisotopic (exact) mass is 314 g/mol. The first-order valence-electron chi connectivity index (χ1n) is 8.47. The number of aliphatic hydroxyl groups is 1. The van der Waals surface area contributed by atoms with Gasteiger partial charge in [0.25, 0.3) is 0 Å². The Hall–Kier alpha value is -1.88. The van der Waals surface area contributed by atoms with Crippen molar-refractivity contribution in [2.75, 3.05) is 13.1 Å². The predicted molar refractivity (Wildman–Crippen MR) is 85.8 cm³/mol. The van der Waals surface area contributed by atoms with E-state index in [4.69, 9.17) is 4.52 Å². The number of amides is 1. The van der Waals surface area contributed by atoms with E-state index in [0.717, 1.165) is 49.6 Å². The maximum absolute atomic E-state index is 12.7. The van der Waals surface area contributed by atoms with Crippen LogP contribution in [0, 0.1) is 5.41 Å². The lowest BCUT2D eigenvalue weighted by molar-refractivity contribution is -0.135. The van der Waals surface area contributed by atoms with Crippen LogP contribution in [0.15, 0.2) is 28.8 Å². The van der Waals surface area contributed by atoms with Crippen LogP contribution < -0.4 is 0 Å². The molecule has 1 amide bonds. The van der Waals surface area contributed by atoms with E-state index in [2.05, 4.69) is 5.16 Å². The number of hydrogen-bond acceptors (Lipinski definition) is 4. The van der Waals surface area contributed by atoms with Gasteiger partial charge in [0.05, 0.1) is 12.5 Å². The van der Waals surface area contributed by atoms with E-state index in [-0.39, 0.29) is 23.8 Å². The summed E-state index contributed by atoms with van der Waals surface area (Å²) in [7, 11) is 0. The SMILES string of the molecule is O=C(Cc1noc2ccccc12)N1CCC[C@]2(CCC[C@H]2O)C1. The van der Waals surface area contributed by atoms with E-state index < -0.39 is 0 Å². The second-order valence-electron chi connectivity index (χ2n) is 6.99. The number of carbonyl (C=O) groups is 1. The Kier molecular flexibility index (Phi) is 3.60. The van der Waals surface area contributed by atoms with Crippen LogP contribution in [0.1, 0.15) is 37.8 Å². The number of nitrogens with zero attached hydrogens (tertiary/aromatic N) is 2. The van der Waals surface area contributed by atoms with Crippen LogP contribution in [0.3, 0.4) is 0 Å². The molecule has 2 atom stereocenters. The molecule has 2 heterocycles. The molecular weight excluding hydrogens is 292 g/mol. The number of hydrogen-bond donors (Lipinski definition) is 1. The molecule has 1 saturated carbocycles. The van der Waals surface area contributed by atoms with E-state index in [1.165, 1.54) is 0 Å². The fraction of sp³-hybridized carbons (Fsp3) is 0.556. The zero-order valence-electron chi connectivity index (χ0n) is 13.2. The Bertz CT molecular complexity index is 726. The molecule has 1 saturated heterocycles. The Morgan fingerprint density at radius 2 is 2.17 bits per heavy atom. The predicted octanol–water partition coefficient (Wildman–Crippen LogP) is 2.52. The fourth-order valence-corrected chi connectivity index (χ4v) is 4.29. The number of piperidine rings is 1. The van der Waals surface area contributed by atoms with E-state index in [1.807, 2.05) is 29.2 Å². The Balaban J connectivity index is 1.50. The summed E-state index contributed by atoms with van der Waals surface area (Å²) in [6.07, 6.45) is 4.99. The quantitative estimate of drug-likeness (QED) is 0.925. The molecule has 0 unspecified atom stereocenters. The molecule has 1 spiro atoms. The van der Waals surface area contributed by atoms with Gasteiger partial charge in [0.2, 0.25) is 5.91 Å². The minimum atomic E-state index is -0.258. The van der Waals surface area contributed by atoms with Gasteiger partial charge in [-0.3, -0.25) is 4.79 Å². The molecule has 5 nitrogen and oxygen atoms in total. The van der Waals surface area contributed by atoms with Crippen molar-refractivity contribution in [3.8, 4) is 0 Å². The van der Waals surface area contributed by atoms with Crippen molar-refractivity contribution in [2.24, 2.45) is 5.41 Å². The summed E-state index contributed by atoms with van der Waals surface area (Å²) in [6.45, 7) is 1.46. The number of benzene rings is 1. The van der Waals surface area contributed by atoms with Crippen molar-refractivity contribution in [1.82, 2.24) is 10.1 Å². The van der Waals surface area contributed by atoms with Gasteiger partial charge >= 0.3 is 0 Å². The van der Waals surface area contributed by atoms with Crippen molar-refractivity contribution in [1.29, 1.82) is 0 Å². The number of para-hydroxylation sites is 1. The van der Waals surface area contributed by atoms with Gasteiger partial charge in [0.15, 0.2) is 5.58 Å². The fourth-order valence-electron chi connectivity index (χ4n) is 4.29. The highest BCUT2D eigenvalue weighted by molar-refractivity contribution is 5.86. The highest BCUT2D eigenvalue weighted by Gasteiger charge is 2.45. The van der Waals surface area contributed by atoms with Crippen molar-refractivity contribution < 1.29 is 14.4 Å². The number of aliphatic hydroxyl groups excluding tert-OH is 1. The first-order chi connectivity index (χ1) is 11.2. The molecule has 1 aliphatic heterocycles. The Morgan fingerprint density at radius 3 is 3.00 bits per heavy atom. The van der Waals surface area contributed by atoms with Crippen LogP contribution in [-0.4, -0.2) is 40.3 Å². The van der Waals surface area contributed by atoms with Gasteiger partial charge in [-0.1, -0.05) is 23.7 Å². The number of aromatic nitrogens is 1. The maximum Gasteiger partial charge on any atom is 0.228 e. The van der Waals surface area contributed by atoms with E-state index in [9.17, 15) is 9.90 Å². The normalized spacial score (nSPS) is 27.9. The third kappa shape index (κ3) is 2.53. The molecular formula is C18H22N2O3. The number of likely N-dealkylation sites (tertiary alicyclic amines) is 1. The Morgan fingerprint density at radius 1 is 1.35 bits per heavy atom. The number of rotatable bonds is 2. The molecule has 4 rings (SSSR count). The van der Waals surface area contributed by atoms with Gasteiger partial charge in [-0.2, -0.15) is 0 Å². The summed E-state index contributed by atoms with van der Waals surface area (Å²) in [4.78, 5) is 14.6. The standard InChI is InChI=1S/C18H22N2O3/c21-16-7-3-8-18(16)9-4-10-20(12-18)17(22)11-14-13-5-1-2-6-15(13)23-19-14/h1-2,5-6,16,21H,3-4,7-12H2/t16-,18-/m1/s1. The van der Waals surface area contributed by atoms with Crippen LogP contribution in [-0.2, 0) is 11.2 Å². The summed E-state index contributed by atoms with van der Waals surface area (Å²) in [6, 6.07) is 7.63. The zero-order valence-corrected chi connectivity index (χ0v) is 13.2. The van der Waals surface area contributed by atoms with Crippen LogP contribution in [0.5, 0.6) is 0 Å². The summed E-state index contributed by atoms with van der Waals surface area (Å²) < 4.78 is 5.29. The lowest BCUT2D eigenvalue weighted by Crippen LogP contribution is -2.49. The molecule has 1 aromatic heterocycles. The maximum atomic E-state index is 12.7. The second kappa shape index (κ2) is 5.64. The topological polar surface area (TPSA) is 66.6 Å². The summed E-state index contributed by atoms with van der Waals surface area (Å²) in [5, 5.41) is 15.3. The van der Waals surface area contributed by atoms with Crippen LogP contribution in [0.25, 0.3) is 11.0 Å². The molecule has 0 radical (unpaired) electrons. The van der Waals surface area contributed by atoms with Gasteiger partial charge in [0.1, 0.15) is 5.69 Å². The highest BCUT2D eigenvalue weighted by Crippen LogP contribution is 2.45. The van der Waals surface area contributed by atoms with Gasteiger partial charge in [-0.15, -0.1) is 0 Å². The molecule has 2 fully saturated rings. The van der Waals surface area contributed by atoms with Crippen LogP contribution in [0.2, 0.25) is 0 Å². The molecule has 1 aromatic carbocycles. The molecule has 5 heteroatoms. The van der Waals surface area contributed by atoms with Crippen LogP contribution in [0.4, 0.5) is 0 Å². The van der Waals surface area contributed by atoms with E-state index in [0.29, 0.717) is 12.2 Å². The highest BCUT2D eigenvalue weighted by atomic mass is 16.5. The summed E-state index contributed by atoms with van der Waals surface area (Å²) >= 11 is 0. The number of carbonyl (C=O) groups excluding carboxylic acids is 1. The third-order valence-electron chi connectivity index (χ3n) is 5.59. The largest absolute Gasteiger partial charge is 0.392 e. The smallest absolute Gasteiger partial charge is 0.228 e. The minimum Gasteiger partial charge on any atom is -0.392 e. The summed E-state index contributed by atoms with van der Waals surface area (Å²) in [5.74, 6) is 0.0854. The summed E-state index contributed by atoms with van der Waals surface area (Å²) in [5.41, 5.74) is 1.36. The van der Waals surface area contributed by atoms with E-state index >= 15 is 0 Å². The van der Waals surface area contributed by atoms with E-state index in [1.54, 1.807) is 0 Å². The van der Waals surface area contributed by atoms with Gasteiger partial charge < -0.3 is 14.5 Å². The second-order valence-corrected chi connectivity index (χ2v) is 6.99. The first-order valence-corrected chi connectivity index (χ1v) is 8.47. The molecule has 2 aromatic rings. The van der Waals surface area contributed by atoms with Gasteiger partial charge in [-0.25, -0.2) is 0 Å². The third-order valence-corrected chi connectivity index (χ3v) is 5.59. The lowest BCUT2D eigenvalue weighted by Gasteiger charge is -2.42. The molecule has 122 valence electrons. The molecule has 0 bridgehead atoms. The van der Waals surface area contributed by atoms with Gasteiger partial charge in [0, 0.05) is 23.9 Å². The zero-order chi connectivity index (χ0) is 15.9. The molecule has 23 heavy (non-hydrogen) atoms. The van der Waals surface area contributed by atoms with Gasteiger partial charge in [-0.05, 0) is 37.8 Å². The van der Waals surface area contributed by atoms with Crippen molar-refractivity contribution in [3.05, 3.63) is 30.0 Å². The number of fused-ring (bicyclic) bond motifs is 1. The van der Waals surface area contributed by atoms with Crippen molar-refractivity contribution >= 4 is 16.9 Å². The lowest BCUT2D eigenvalue weighted by atomic mass is 9.76. The molecule has 1 aliphatic carbocycles. The molecule has 2 aliphatic rings. The van der Waals surface area contributed by atoms with Crippen LogP contribution >= 0.6 is 0 Å². The van der Waals surface area contributed by atoms with Crippen molar-refractivity contribution in [2.45, 2.75) is 44.6 Å². The average Bonchev–Trinajstić information content (AvgIpc) is 3.13. The van der Waals surface area contributed by atoms with Crippen molar-refractivity contribution in [3.63, 3.8) is 0 Å². The average molecular weight is 314 g/mol. The Labute approximate surface area is 135 Å². The molecule has 1 N–H and O–H groups in total.